The third-order valence-corrected chi connectivity index (χ3v) is 3.83. The number of rotatable bonds is 6. The number of carbonyl (C=O) groups is 1. The predicted molar refractivity (Wildman–Crippen MR) is 82.6 cm³/mol. The van der Waals surface area contributed by atoms with E-state index in [2.05, 4.69) is 27.1 Å². The van der Waals surface area contributed by atoms with Crippen molar-refractivity contribution in [2.75, 3.05) is 23.3 Å². The molecule has 21 heavy (non-hydrogen) atoms. The summed E-state index contributed by atoms with van der Waals surface area (Å²) in [6.07, 6.45) is 5.31. The van der Waals surface area contributed by atoms with Gasteiger partial charge < -0.3 is 15.3 Å². The quantitative estimate of drug-likeness (QED) is 0.838. The fraction of sp³-hybridized carbons (Fsp3) is 0.667. The van der Waals surface area contributed by atoms with Crippen LogP contribution in [-0.2, 0) is 4.79 Å². The lowest BCUT2D eigenvalue weighted by atomic mass is 10.0. The molecule has 2 N–H and O–H groups in total. The first-order valence-corrected chi connectivity index (χ1v) is 7.66. The van der Waals surface area contributed by atoms with Gasteiger partial charge in [-0.25, -0.2) is 14.8 Å². The summed E-state index contributed by atoms with van der Waals surface area (Å²) in [5.41, 5.74) is 0. The average Bonchev–Trinajstić information content (AvgIpc) is 2.47. The van der Waals surface area contributed by atoms with Gasteiger partial charge in [-0.05, 0) is 25.2 Å². The minimum Gasteiger partial charge on any atom is -0.480 e. The van der Waals surface area contributed by atoms with E-state index >= 15 is 0 Å². The number of aromatic nitrogens is 2. The molecule has 1 saturated heterocycles. The normalized spacial score (nSPS) is 20.1. The number of hydrogen-bond donors (Lipinski definition) is 2. The van der Waals surface area contributed by atoms with Gasteiger partial charge in [-0.3, -0.25) is 0 Å². The number of nitrogens with zero attached hydrogens (tertiary/aromatic N) is 3. The van der Waals surface area contributed by atoms with Gasteiger partial charge in [-0.15, -0.1) is 0 Å². The molecule has 0 radical (unpaired) electrons. The van der Waals surface area contributed by atoms with Crippen molar-refractivity contribution in [3.05, 3.63) is 12.4 Å². The number of nitrogens with one attached hydrogen (secondary N) is 1. The van der Waals surface area contributed by atoms with Crippen LogP contribution in [0.1, 0.15) is 39.5 Å². The lowest BCUT2D eigenvalue weighted by molar-refractivity contribution is -0.138. The number of carboxylic acids is 1. The van der Waals surface area contributed by atoms with Crippen molar-refractivity contribution in [3.63, 3.8) is 0 Å². The van der Waals surface area contributed by atoms with Crippen LogP contribution in [0.15, 0.2) is 12.4 Å². The molecule has 116 valence electrons. The van der Waals surface area contributed by atoms with Crippen LogP contribution in [0.5, 0.6) is 0 Å². The second kappa shape index (κ2) is 7.24. The van der Waals surface area contributed by atoms with Crippen molar-refractivity contribution in [2.45, 2.75) is 45.6 Å². The highest BCUT2D eigenvalue weighted by atomic mass is 16.4. The van der Waals surface area contributed by atoms with E-state index in [9.17, 15) is 9.90 Å². The summed E-state index contributed by atoms with van der Waals surface area (Å²) in [5, 5.41) is 12.2. The Labute approximate surface area is 125 Å². The Bertz CT molecular complexity index is 480. The van der Waals surface area contributed by atoms with Crippen molar-refractivity contribution >= 4 is 17.6 Å². The Morgan fingerprint density at radius 3 is 3.05 bits per heavy atom. The van der Waals surface area contributed by atoms with Crippen molar-refractivity contribution in [1.82, 2.24) is 9.97 Å². The summed E-state index contributed by atoms with van der Waals surface area (Å²) in [7, 11) is 0. The summed E-state index contributed by atoms with van der Waals surface area (Å²) < 4.78 is 0. The molecule has 1 aromatic rings. The van der Waals surface area contributed by atoms with Gasteiger partial charge in [0.1, 0.15) is 24.0 Å². The maximum Gasteiger partial charge on any atom is 0.326 e. The first-order valence-electron chi connectivity index (χ1n) is 7.66. The van der Waals surface area contributed by atoms with Gasteiger partial charge in [0.15, 0.2) is 0 Å². The minimum atomic E-state index is -0.844. The highest BCUT2D eigenvalue weighted by Gasteiger charge is 2.20. The fourth-order valence-corrected chi connectivity index (χ4v) is 2.72. The zero-order valence-corrected chi connectivity index (χ0v) is 12.7. The van der Waals surface area contributed by atoms with Crippen LogP contribution >= 0.6 is 0 Å². The topological polar surface area (TPSA) is 78.3 Å². The second-order valence-electron chi connectivity index (χ2n) is 5.78. The molecule has 6 heteroatoms. The Hall–Kier alpha value is -1.85. The average molecular weight is 292 g/mol. The molecule has 1 aliphatic heterocycles. The molecule has 0 aliphatic carbocycles. The maximum atomic E-state index is 11.2. The third kappa shape index (κ3) is 4.31. The van der Waals surface area contributed by atoms with Crippen LogP contribution in [0.3, 0.4) is 0 Å². The number of anilines is 2. The number of piperidine rings is 1. The van der Waals surface area contributed by atoms with Gasteiger partial charge in [0.05, 0.1) is 0 Å². The zero-order valence-electron chi connectivity index (χ0n) is 12.7. The van der Waals surface area contributed by atoms with Crippen LogP contribution in [0.4, 0.5) is 11.6 Å². The minimum absolute atomic E-state index is 0.579. The molecule has 2 rings (SSSR count). The molecule has 2 atom stereocenters. The summed E-state index contributed by atoms with van der Waals surface area (Å²) >= 11 is 0. The molecule has 1 aromatic heterocycles. The van der Waals surface area contributed by atoms with E-state index in [1.807, 2.05) is 13.0 Å². The second-order valence-corrected chi connectivity index (χ2v) is 5.78. The molecule has 6 nitrogen and oxygen atoms in total. The summed E-state index contributed by atoms with van der Waals surface area (Å²) in [6, 6.07) is 1.25. The van der Waals surface area contributed by atoms with Crippen LogP contribution in [0.25, 0.3) is 0 Å². The Kier molecular flexibility index (Phi) is 5.36. The van der Waals surface area contributed by atoms with E-state index < -0.39 is 12.0 Å². The van der Waals surface area contributed by atoms with Crippen molar-refractivity contribution < 1.29 is 9.90 Å². The summed E-state index contributed by atoms with van der Waals surface area (Å²) in [6.45, 7) is 6.21. The van der Waals surface area contributed by atoms with E-state index in [0.29, 0.717) is 18.2 Å². The highest BCUT2D eigenvalue weighted by molar-refractivity contribution is 5.77. The number of carboxylic acid groups (broad SMARTS) is 1. The van der Waals surface area contributed by atoms with Crippen molar-refractivity contribution in [3.8, 4) is 0 Å². The lowest BCUT2D eigenvalue weighted by Crippen LogP contribution is -2.35. The number of hydrogen-bond acceptors (Lipinski definition) is 5. The Balaban J connectivity index is 2.08. The van der Waals surface area contributed by atoms with E-state index in [-0.39, 0.29) is 0 Å². The molecule has 1 aliphatic rings. The monoisotopic (exact) mass is 292 g/mol. The van der Waals surface area contributed by atoms with Crippen molar-refractivity contribution in [2.24, 2.45) is 5.92 Å². The van der Waals surface area contributed by atoms with E-state index in [0.717, 1.165) is 25.3 Å². The molecule has 0 spiro atoms. The molecule has 0 amide bonds. The molecule has 0 bridgehead atoms. The SMILES string of the molecule is CCCC(Nc1cc(N2CCCC(C)C2)ncn1)C(=O)O. The lowest BCUT2D eigenvalue weighted by Gasteiger charge is -2.31. The predicted octanol–water partition coefficient (Wildman–Crippen LogP) is 2.38. The molecule has 0 saturated carbocycles. The Morgan fingerprint density at radius 2 is 2.38 bits per heavy atom. The molecule has 2 heterocycles. The van der Waals surface area contributed by atoms with Gasteiger partial charge in [-0.1, -0.05) is 20.3 Å². The van der Waals surface area contributed by atoms with Crippen LogP contribution in [0, 0.1) is 5.92 Å². The summed E-state index contributed by atoms with van der Waals surface area (Å²) in [4.78, 5) is 21.9. The molecule has 0 aromatic carbocycles. The van der Waals surface area contributed by atoms with Crippen LogP contribution < -0.4 is 10.2 Å². The van der Waals surface area contributed by atoms with Crippen LogP contribution in [-0.4, -0.2) is 40.2 Å². The Morgan fingerprint density at radius 1 is 1.57 bits per heavy atom. The van der Waals surface area contributed by atoms with E-state index in [1.165, 1.54) is 19.2 Å². The first kappa shape index (κ1) is 15.5. The van der Waals surface area contributed by atoms with Crippen LogP contribution in [0.2, 0.25) is 0 Å². The molecule has 1 fully saturated rings. The highest BCUT2D eigenvalue weighted by Crippen LogP contribution is 2.22. The largest absolute Gasteiger partial charge is 0.480 e. The first-order chi connectivity index (χ1) is 10.1. The summed E-state index contributed by atoms with van der Waals surface area (Å²) in [5.74, 6) is 1.28. The third-order valence-electron chi connectivity index (χ3n) is 3.83. The van der Waals surface area contributed by atoms with Gasteiger partial charge in [0.2, 0.25) is 0 Å². The van der Waals surface area contributed by atoms with Gasteiger partial charge in [0.25, 0.3) is 0 Å². The fourth-order valence-electron chi connectivity index (χ4n) is 2.72. The van der Waals surface area contributed by atoms with Gasteiger partial charge in [0, 0.05) is 19.2 Å². The maximum absolute atomic E-state index is 11.2. The van der Waals surface area contributed by atoms with Crippen molar-refractivity contribution in [1.29, 1.82) is 0 Å². The van der Waals surface area contributed by atoms with Gasteiger partial charge in [-0.2, -0.15) is 0 Å². The van der Waals surface area contributed by atoms with Gasteiger partial charge >= 0.3 is 5.97 Å². The van der Waals surface area contributed by atoms with E-state index in [4.69, 9.17) is 0 Å². The van der Waals surface area contributed by atoms with E-state index in [1.54, 1.807) is 0 Å². The zero-order chi connectivity index (χ0) is 15.2. The molecule has 2 unspecified atom stereocenters. The smallest absolute Gasteiger partial charge is 0.326 e. The number of aliphatic carboxylic acids is 1. The standard InChI is InChI=1S/C15H24N4O2/c1-3-5-12(15(20)21)18-13-8-14(17-10-16-13)19-7-4-6-11(2)9-19/h8,10-12H,3-7,9H2,1-2H3,(H,20,21)(H,16,17,18). The molecular formula is C15H24N4O2. The molecular weight excluding hydrogens is 268 g/mol.